The summed E-state index contributed by atoms with van der Waals surface area (Å²) in [5.74, 6) is 1.01. The van der Waals surface area contributed by atoms with Crippen molar-refractivity contribution in [3.63, 3.8) is 0 Å². The third-order valence-electron chi connectivity index (χ3n) is 4.64. The molecule has 0 spiro atoms. The molecule has 6 nitrogen and oxygen atoms in total. The summed E-state index contributed by atoms with van der Waals surface area (Å²) < 4.78 is 20.7. The molecule has 164 valence electrons. The molecule has 0 saturated heterocycles. The number of carbonyl (C=O) groups excluding carboxylic acids is 2. The second kappa shape index (κ2) is 11.4. The molecule has 3 aromatic carbocycles. The molecule has 0 amide bonds. The third-order valence-corrected chi connectivity index (χ3v) is 4.64. The molecule has 0 fully saturated rings. The molecule has 3 aromatic rings. The van der Waals surface area contributed by atoms with E-state index in [9.17, 15) is 9.59 Å². The van der Waals surface area contributed by atoms with Crippen molar-refractivity contribution in [3.8, 4) is 28.4 Å². The summed E-state index contributed by atoms with van der Waals surface area (Å²) in [6.45, 7) is 3.12. The molecule has 0 radical (unpaired) electrons. The summed E-state index contributed by atoms with van der Waals surface area (Å²) in [6.07, 6.45) is 1.85. The van der Waals surface area contributed by atoms with Gasteiger partial charge in [-0.15, -0.1) is 0 Å². The molecule has 32 heavy (non-hydrogen) atoms. The molecule has 0 N–H and O–H groups in total. The first-order valence-corrected chi connectivity index (χ1v) is 10.0. The normalized spacial score (nSPS) is 10.2. The van der Waals surface area contributed by atoms with Gasteiger partial charge >= 0.3 is 11.9 Å². The molecule has 0 aliphatic heterocycles. The van der Waals surface area contributed by atoms with E-state index < -0.39 is 5.97 Å². The topological polar surface area (TPSA) is 71.1 Å². The largest absolute Gasteiger partial charge is 0.497 e. The summed E-state index contributed by atoms with van der Waals surface area (Å²) in [4.78, 5) is 23.2. The van der Waals surface area contributed by atoms with Crippen LogP contribution in [0.1, 0.15) is 12.0 Å². The zero-order valence-electron chi connectivity index (χ0n) is 17.8. The number of esters is 2. The Balaban J connectivity index is 1.45. The van der Waals surface area contributed by atoms with Crippen LogP contribution in [0.5, 0.6) is 17.2 Å². The Morgan fingerprint density at radius 3 is 1.94 bits per heavy atom. The smallest absolute Gasteiger partial charge is 0.333 e. The number of methoxy groups -OCH3 is 1. The molecule has 0 aliphatic rings. The van der Waals surface area contributed by atoms with Gasteiger partial charge in [0.2, 0.25) is 6.79 Å². The Hall–Kier alpha value is -4.06. The summed E-state index contributed by atoms with van der Waals surface area (Å²) in [5.41, 5.74) is 3.04. The SMILES string of the molecule is C=CC(=O)OCOc1ccc(CCC(=O)Oc2ccc(-c3ccc(OC)cc3)cc2)cc1. The number of rotatable bonds is 10. The van der Waals surface area contributed by atoms with E-state index in [1.807, 2.05) is 48.5 Å². The van der Waals surface area contributed by atoms with Gasteiger partial charge in [-0.1, -0.05) is 43.0 Å². The van der Waals surface area contributed by atoms with Gasteiger partial charge in [0.25, 0.3) is 0 Å². The van der Waals surface area contributed by atoms with Crippen molar-refractivity contribution in [2.24, 2.45) is 0 Å². The Bertz CT molecular complexity index is 1040. The standard InChI is InChI=1S/C26H24O6/c1-3-25(27)31-18-30-23-11-4-19(5-12-23)6-17-26(28)32-24-15-9-21(10-16-24)20-7-13-22(29-2)14-8-20/h3-5,7-16H,1,6,17-18H2,2H3. The Labute approximate surface area is 187 Å². The second-order valence-corrected chi connectivity index (χ2v) is 6.80. The fourth-order valence-corrected chi connectivity index (χ4v) is 2.89. The van der Waals surface area contributed by atoms with Gasteiger partial charge in [-0.3, -0.25) is 4.79 Å². The monoisotopic (exact) mass is 432 g/mol. The highest BCUT2D eigenvalue weighted by atomic mass is 16.7. The molecule has 0 heterocycles. The quantitative estimate of drug-likeness (QED) is 0.195. The van der Waals surface area contributed by atoms with Crippen LogP contribution < -0.4 is 14.2 Å². The lowest BCUT2D eigenvalue weighted by atomic mass is 10.1. The maximum Gasteiger partial charge on any atom is 0.333 e. The van der Waals surface area contributed by atoms with Crippen molar-refractivity contribution in [3.05, 3.63) is 91.0 Å². The number of carbonyl (C=O) groups is 2. The van der Waals surface area contributed by atoms with E-state index in [-0.39, 0.29) is 19.2 Å². The van der Waals surface area contributed by atoms with E-state index in [1.54, 1.807) is 31.4 Å². The highest BCUT2D eigenvalue weighted by Gasteiger charge is 2.07. The van der Waals surface area contributed by atoms with E-state index >= 15 is 0 Å². The number of hydrogen-bond acceptors (Lipinski definition) is 6. The molecule has 0 atom stereocenters. The molecule has 0 saturated carbocycles. The molecule has 0 unspecified atom stereocenters. The molecular weight excluding hydrogens is 408 g/mol. The van der Waals surface area contributed by atoms with Crippen molar-refractivity contribution in [1.82, 2.24) is 0 Å². The molecule has 6 heteroatoms. The van der Waals surface area contributed by atoms with Gasteiger partial charge in [0, 0.05) is 12.5 Å². The van der Waals surface area contributed by atoms with Crippen LogP contribution in [0.15, 0.2) is 85.5 Å². The van der Waals surface area contributed by atoms with Crippen LogP contribution in [0.3, 0.4) is 0 Å². The van der Waals surface area contributed by atoms with Gasteiger partial charge in [0.05, 0.1) is 7.11 Å². The van der Waals surface area contributed by atoms with E-state index in [2.05, 4.69) is 6.58 Å². The van der Waals surface area contributed by atoms with Gasteiger partial charge in [0.1, 0.15) is 17.2 Å². The lowest BCUT2D eigenvalue weighted by Gasteiger charge is -2.08. The number of aryl methyl sites for hydroxylation is 1. The van der Waals surface area contributed by atoms with Crippen LogP contribution in [-0.2, 0) is 20.7 Å². The van der Waals surface area contributed by atoms with Crippen molar-refractivity contribution >= 4 is 11.9 Å². The van der Waals surface area contributed by atoms with Crippen LogP contribution in [-0.4, -0.2) is 25.8 Å². The Morgan fingerprint density at radius 2 is 1.38 bits per heavy atom. The van der Waals surface area contributed by atoms with Crippen molar-refractivity contribution in [1.29, 1.82) is 0 Å². The number of ether oxygens (including phenoxy) is 4. The maximum absolute atomic E-state index is 12.2. The van der Waals surface area contributed by atoms with Gasteiger partial charge in [-0.2, -0.15) is 0 Å². The first kappa shape index (κ1) is 22.6. The first-order valence-electron chi connectivity index (χ1n) is 10.0. The zero-order chi connectivity index (χ0) is 22.8. The average molecular weight is 432 g/mol. The minimum absolute atomic E-state index is 0.187. The van der Waals surface area contributed by atoms with Crippen LogP contribution in [0, 0.1) is 0 Å². The van der Waals surface area contributed by atoms with E-state index in [0.717, 1.165) is 28.5 Å². The highest BCUT2D eigenvalue weighted by Crippen LogP contribution is 2.25. The summed E-state index contributed by atoms with van der Waals surface area (Å²) in [7, 11) is 1.63. The van der Waals surface area contributed by atoms with E-state index in [4.69, 9.17) is 18.9 Å². The third kappa shape index (κ3) is 6.74. The van der Waals surface area contributed by atoms with Crippen LogP contribution in [0.25, 0.3) is 11.1 Å². The van der Waals surface area contributed by atoms with Crippen molar-refractivity contribution < 1.29 is 28.5 Å². The van der Waals surface area contributed by atoms with Crippen molar-refractivity contribution in [2.75, 3.05) is 13.9 Å². The molecule has 0 bridgehead atoms. The predicted molar refractivity (Wildman–Crippen MR) is 121 cm³/mol. The molecule has 0 aliphatic carbocycles. The van der Waals surface area contributed by atoms with E-state index in [1.165, 1.54) is 0 Å². The fraction of sp³-hybridized carbons (Fsp3) is 0.154. The van der Waals surface area contributed by atoms with Crippen LogP contribution in [0.2, 0.25) is 0 Å². The van der Waals surface area contributed by atoms with Crippen LogP contribution >= 0.6 is 0 Å². The van der Waals surface area contributed by atoms with Gasteiger partial charge in [-0.05, 0) is 59.5 Å². The second-order valence-electron chi connectivity index (χ2n) is 6.80. The fourth-order valence-electron chi connectivity index (χ4n) is 2.89. The zero-order valence-corrected chi connectivity index (χ0v) is 17.8. The molecule has 0 aromatic heterocycles. The summed E-state index contributed by atoms with van der Waals surface area (Å²) in [6, 6.07) is 22.3. The first-order chi connectivity index (χ1) is 15.6. The summed E-state index contributed by atoms with van der Waals surface area (Å²) >= 11 is 0. The highest BCUT2D eigenvalue weighted by molar-refractivity contribution is 5.81. The molecule has 3 rings (SSSR count). The lowest BCUT2D eigenvalue weighted by molar-refractivity contribution is -0.144. The molecular formula is C26H24O6. The minimum Gasteiger partial charge on any atom is -0.497 e. The minimum atomic E-state index is -0.546. The van der Waals surface area contributed by atoms with E-state index in [0.29, 0.717) is 17.9 Å². The number of hydrogen-bond donors (Lipinski definition) is 0. The van der Waals surface area contributed by atoms with Crippen LogP contribution in [0.4, 0.5) is 0 Å². The van der Waals surface area contributed by atoms with Crippen molar-refractivity contribution in [2.45, 2.75) is 12.8 Å². The lowest BCUT2D eigenvalue weighted by Crippen LogP contribution is -2.09. The Morgan fingerprint density at radius 1 is 0.812 bits per heavy atom. The maximum atomic E-state index is 12.2. The predicted octanol–water partition coefficient (Wildman–Crippen LogP) is 4.97. The summed E-state index contributed by atoms with van der Waals surface area (Å²) in [5, 5.41) is 0. The van der Waals surface area contributed by atoms with Gasteiger partial charge in [0.15, 0.2) is 0 Å². The number of benzene rings is 3. The van der Waals surface area contributed by atoms with Gasteiger partial charge in [-0.25, -0.2) is 4.79 Å². The average Bonchev–Trinajstić information content (AvgIpc) is 2.84. The van der Waals surface area contributed by atoms with Gasteiger partial charge < -0.3 is 18.9 Å². The Kier molecular flexibility index (Phi) is 8.03.